The smallest absolute Gasteiger partial charge is 0.161 e. The van der Waals surface area contributed by atoms with Gasteiger partial charge in [0.15, 0.2) is 11.5 Å². The third-order valence-electron chi connectivity index (χ3n) is 3.08. The van der Waals surface area contributed by atoms with Crippen molar-refractivity contribution in [2.24, 2.45) is 0 Å². The van der Waals surface area contributed by atoms with Crippen LogP contribution in [0.4, 0.5) is 0 Å². The first-order valence-corrected chi connectivity index (χ1v) is 6.53. The molecule has 0 fully saturated rings. The topological polar surface area (TPSA) is 67.2 Å². The number of methoxy groups -OCH3 is 2. The monoisotopic (exact) mass is 283 g/mol. The van der Waals surface area contributed by atoms with E-state index >= 15 is 0 Å². The summed E-state index contributed by atoms with van der Waals surface area (Å²) in [6.45, 7) is 0.521. The van der Waals surface area contributed by atoms with Crippen LogP contribution in [0, 0.1) is 11.3 Å². The van der Waals surface area contributed by atoms with Gasteiger partial charge in [0.2, 0.25) is 0 Å². The highest BCUT2D eigenvalue weighted by Crippen LogP contribution is 2.29. The van der Waals surface area contributed by atoms with E-state index in [9.17, 15) is 5.26 Å². The molecule has 0 saturated heterocycles. The predicted molar refractivity (Wildman–Crippen MR) is 79.0 cm³/mol. The molecule has 21 heavy (non-hydrogen) atoms. The molecule has 1 unspecified atom stereocenters. The highest BCUT2D eigenvalue weighted by atomic mass is 16.5. The fourth-order valence-electron chi connectivity index (χ4n) is 1.98. The predicted octanol–water partition coefficient (Wildman–Crippen LogP) is 2.45. The largest absolute Gasteiger partial charge is 0.493 e. The van der Waals surface area contributed by atoms with Crippen molar-refractivity contribution in [3.05, 3.63) is 53.9 Å². The molecule has 0 saturated carbocycles. The minimum Gasteiger partial charge on any atom is -0.493 e. The number of hydrogen-bond acceptors (Lipinski definition) is 5. The fraction of sp³-hybridized carbons (Fsp3) is 0.250. The van der Waals surface area contributed by atoms with E-state index in [0.29, 0.717) is 18.0 Å². The third-order valence-corrected chi connectivity index (χ3v) is 3.08. The Morgan fingerprint density at radius 3 is 2.62 bits per heavy atom. The highest BCUT2D eigenvalue weighted by Gasteiger charge is 2.13. The van der Waals surface area contributed by atoms with Crippen LogP contribution in [0.1, 0.15) is 17.3 Å². The van der Waals surface area contributed by atoms with Gasteiger partial charge in [-0.1, -0.05) is 12.1 Å². The van der Waals surface area contributed by atoms with Crippen molar-refractivity contribution in [3.8, 4) is 17.6 Å². The molecule has 1 atom stereocenters. The Labute approximate surface area is 124 Å². The maximum Gasteiger partial charge on any atom is 0.161 e. The molecule has 1 aromatic heterocycles. The first kappa shape index (κ1) is 14.8. The Balaban J connectivity index is 2.12. The standard InChI is InChI=1S/C16H17N3O2/c1-20-15-7-6-12(9-16(15)21-2)14(10-17)19-11-13-5-3-4-8-18-13/h3-9,14,19H,11H2,1-2H3. The summed E-state index contributed by atoms with van der Waals surface area (Å²) in [6.07, 6.45) is 1.73. The van der Waals surface area contributed by atoms with E-state index in [0.717, 1.165) is 11.3 Å². The molecule has 0 bridgehead atoms. The zero-order valence-corrected chi connectivity index (χ0v) is 12.0. The van der Waals surface area contributed by atoms with Crippen molar-refractivity contribution < 1.29 is 9.47 Å². The SMILES string of the molecule is COc1ccc(C(C#N)NCc2ccccn2)cc1OC. The molecule has 5 heteroatoms. The molecule has 1 heterocycles. The second-order valence-electron chi connectivity index (χ2n) is 4.38. The first-order chi connectivity index (χ1) is 10.3. The van der Waals surface area contributed by atoms with Gasteiger partial charge in [-0.05, 0) is 29.8 Å². The second kappa shape index (κ2) is 7.27. The minimum atomic E-state index is -0.438. The van der Waals surface area contributed by atoms with Gasteiger partial charge in [0.1, 0.15) is 6.04 Å². The van der Waals surface area contributed by atoms with Crippen molar-refractivity contribution in [2.45, 2.75) is 12.6 Å². The first-order valence-electron chi connectivity index (χ1n) is 6.53. The number of nitrogens with zero attached hydrogens (tertiary/aromatic N) is 2. The number of aromatic nitrogens is 1. The zero-order chi connectivity index (χ0) is 15.1. The third kappa shape index (κ3) is 3.71. The van der Waals surface area contributed by atoms with Gasteiger partial charge in [-0.15, -0.1) is 0 Å². The molecular weight excluding hydrogens is 266 g/mol. The lowest BCUT2D eigenvalue weighted by Crippen LogP contribution is -2.20. The van der Waals surface area contributed by atoms with Crippen LogP contribution in [0.5, 0.6) is 11.5 Å². The van der Waals surface area contributed by atoms with Crippen LogP contribution in [0.15, 0.2) is 42.6 Å². The lowest BCUT2D eigenvalue weighted by atomic mass is 10.1. The summed E-state index contributed by atoms with van der Waals surface area (Å²) >= 11 is 0. The van der Waals surface area contributed by atoms with E-state index in [1.165, 1.54) is 0 Å². The quantitative estimate of drug-likeness (QED) is 0.882. The summed E-state index contributed by atoms with van der Waals surface area (Å²) in [7, 11) is 3.16. The average Bonchev–Trinajstić information content (AvgIpc) is 2.56. The van der Waals surface area contributed by atoms with Crippen molar-refractivity contribution in [1.82, 2.24) is 10.3 Å². The van der Waals surface area contributed by atoms with Gasteiger partial charge in [-0.3, -0.25) is 10.3 Å². The summed E-state index contributed by atoms with van der Waals surface area (Å²) in [5, 5.41) is 12.5. The molecular formula is C16H17N3O2. The van der Waals surface area contributed by atoms with Crippen molar-refractivity contribution in [1.29, 1.82) is 5.26 Å². The van der Waals surface area contributed by atoms with Gasteiger partial charge in [-0.2, -0.15) is 5.26 Å². The Hall–Kier alpha value is -2.58. The Morgan fingerprint density at radius 2 is 2.00 bits per heavy atom. The van der Waals surface area contributed by atoms with Gasteiger partial charge in [0.25, 0.3) is 0 Å². The normalized spacial score (nSPS) is 11.5. The van der Waals surface area contributed by atoms with Gasteiger partial charge >= 0.3 is 0 Å². The van der Waals surface area contributed by atoms with E-state index in [4.69, 9.17) is 9.47 Å². The molecule has 0 radical (unpaired) electrons. The van der Waals surface area contributed by atoms with Crippen LogP contribution in [-0.2, 0) is 6.54 Å². The van der Waals surface area contributed by atoms with Crippen molar-refractivity contribution in [2.75, 3.05) is 14.2 Å². The minimum absolute atomic E-state index is 0.438. The molecule has 2 rings (SSSR count). The van der Waals surface area contributed by atoms with E-state index in [1.807, 2.05) is 24.3 Å². The van der Waals surface area contributed by atoms with Crippen LogP contribution in [-0.4, -0.2) is 19.2 Å². The summed E-state index contributed by atoms with van der Waals surface area (Å²) in [4.78, 5) is 4.22. The van der Waals surface area contributed by atoms with E-state index in [2.05, 4.69) is 16.4 Å². The highest BCUT2D eigenvalue weighted by molar-refractivity contribution is 5.44. The summed E-state index contributed by atoms with van der Waals surface area (Å²) < 4.78 is 10.5. The van der Waals surface area contributed by atoms with Crippen molar-refractivity contribution >= 4 is 0 Å². The number of nitrogens with one attached hydrogen (secondary N) is 1. The molecule has 0 spiro atoms. The summed E-state index contributed by atoms with van der Waals surface area (Å²) in [6, 6.07) is 12.9. The van der Waals surface area contributed by atoms with E-state index in [-0.39, 0.29) is 0 Å². The van der Waals surface area contributed by atoms with Gasteiger partial charge in [-0.25, -0.2) is 0 Å². The van der Waals surface area contributed by atoms with Gasteiger partial charge in [0, 0.05) is 12.7 Å². The van der Waals surface area contributed by atoms with Crippen LogP contribution in [0.25, 0.3) is 0 Å². The maximum absolute atomic E-state index is 9.34. The van der Waals surface area contributed by atoms with E-state index in [1.54, 1.807) is 32.5 Å². The molecule has 0 aliphatic carbocycles. The molecule has 108 valence electrons. The fourth-order valence-corrected chi connectivity index (χ4v) is 1.98. The Kier molecular flexibility index (Phi) is 5.13. The number of benzene rings is 1. The number of nitriles is 1. The van der Waals surface area contributed by atoms with Crippen LogP contribution >= 0.6 is 0 Å². The molecule has 2 aromatic rings. The lowest BCUT2D eigenvalue weighted by molar-refractivity contribution is 0.354. The second-order valence-corrected chi connectivity index (χ2v) is 4.38. The van der Waals surface area contributed by atoms with Crippen LogP contribution < -0.4 is 14.8 Å². The summed E-state index contributed by atoms with van der Waals surface area (Å²) in [5.74, 6) is 1.25. The number of rotatable bonds is 6. The van der Waals surface area contributed by atoms with E-state index < -0.39 is 6.04 Å². The number of hydrogen-bond donors (Lipinski definition) is 1. The molecule has 5 nitrogen and oxygen atoms in total. The van der Waals surface area contributed by atoms with Crippen LogP contribution in [0.3, 0.4) is 0 Å². The zero-order valence-electron chi connectivity index (χ0n) is 12.0. The number of ether oxygens (including phenoxy) is 2. The molecule has 0 aliphatic rings. The Morgan fingerprint density at radius 1 is 1.19 bits per heavy atom. The maximum atomic E-state index is 9.34. The summed E-state index contributed by atoms with van der Waals surface area (Å²) in [5.41, 5.74) is 1.71. The number of pyridine rings is 1. The Bertz CT molecular complexity index is 623. The van der Waals surface area contributed by atoms with Crippen molar-refractivity contribution in [3.63, 3.8) is 0 Å². The lowest BCUT2D eigenvalue weighted by Gasteiger charge is -2.14. The molecule has 0 amide bonds. The van der Waals surface area contributed by atoms with Gasteiger partial charge in [0.05, 0.1) is 26.0 Å². The van der Waals surface area contributed by atoms with Crippen LogP contribution in [0.2, 0.25) is 0 Å². The molecule has 1 N–H and O–H groups in total. The molecule has 0 aliphatic heterocycles. The average molecular weight is 283 g/mol. The molecule has 1 aromatic carbocycles. The van der Waals surface area contributed by atoms with Gasteiger partial charge < -0.3 is 9.47 Å².